The average Bonchev–Trinajstić information content (AvgIpc) is 2.30. The largest absolute Gasteiger partial charge is 0.320 e. The zero-order valence-corrected chi connectivity index (χ0v) is 9.64. The number of aromatic nitrogens is 1. The summed E-state index contributed by atoms with van der Waals surface area (Å²) >= 11 is 0. The van der Waals surface area contributed by atoms with Crippen LogP contribution in [0, 0.1) is 13.8 Å². The van der Waals surface area contributed by atoms with Crippen molar-refractivity contribution in [2.75, 3.05) is 0 Å². The van der Waals surface area contributed by atoms with E-state index in [1.54, 1.807) is 6.20 Å². The van der Waals surface area contributed by atoms with Crippen LogP contribution in [0.3, 0.4) is 0 Å². The lowest BCUT2D eigenvalue weighted by Gasteiger charge is -2.14. The van der Waals surface area contributed by atoms with E-state index in [2.05, 4.69) is 36.2 Å². The number of aryl methyl sites for hydroxylation is 2. The van der Waals surface area contributed by atoms with Gasteiger partial charge in [0.2, 0.25) is 0 Å². The third kappa shape index (κ3) is 2.12. The van der Waals surface area contributed by atoms with Crippen molar-refractivity contribution in [3.05, 3.63) is 65.0 Å². The highest BCUT2D eigenvalue weighted by Crippen LogP contribution is 2.21. The van der Waals surface area contributed by atoms with Gasteiger partial charge in [0.1, 0.15) is 0 Å². The first-order valence-corrected chi connectivity index (χ1v) is 5.41. The van der Waals surface area contributed by atoms with Crippen LogP contribution in [0.5, 0.6) is 0 Å². The van der Waals surface area contributed by atoms with Crippen molar-refractivity contribution in [2.24, 2.45) is 5.73 Å². The minimum atomic E-state index is -0.0661. The molecule has 0 radical (unpaired) electrons. The molecule has 0 fully saturated rings. The summed E-state index contributed by atoms with van der Waals surface area (Å²) in [4.78, 5) is 4.08. The monoisotopic (exact) mass is 212 g/mol. The van der Waals surface area contributed by atoms with Gasteiger partial charge in [0.05, 0.1) is 6.04 Å². The lowest BCUT2D eigenvalue weighted by molar-refractivity contribution is 0.856. The third-order valence-corrected chi connectivity index (χ3v) is 2.84. The van der Waals surface area contributed by atoms with Gasteiger partial charge < -0.3 is 5.73 Å². The number of pyridine rings is 1. The zero-order valence-electron chi connectivity index (χ0n) is 9.64. The van der Waals surface area contributed by atoms with Crippen LogP contribution < -0.4 is 5.73 Å². The van der Waals surface area contributed by atoms with Gasteiger partial charge in [-0.1, -0.05) is 29.8 Å². The first-order valence-electron chi connectivity index (χ1n) is 5.41. The molecule has 0 bridgehead atoms. The molecule has 16 heavy (non-hydrogen) atoms. The van der Waals surface area contributed by atoms with E-state index < -0.39 is 0 Å². The Morgan fingerprint density at radius 2 is 1.75 bits per heavy atom. The van der Waals surface area contributed by atoms with Crippen molar-refractivity contribution >= 4 is 0 Å². The molecule has 0 aliphatic carbocycles. The quantitative estimate of drug-likeness (QED) is 0.831. The smallest absolute Gasteiger partial charge is 0.0555 e. The van der Waals surface area contributed by atoms with Crippen LogP contribution in [0.4, 0.5) is 0 Å². The van der Waals surface area contributed by atoms with Gasteiger partial charge in [-0.2, -0.15) is 0 Å². The number of benzene rings is 1. The van der Waals surface area contributed by atoms with Gasteiger partial charge in [-0.05, 0) is 36.6 Å². The Labute approximate surface area is 96.1 Å². The number of rotatable bonds is 2. The minimum absolute atomic E-state index is 0.0661. The Balaban J connectivity index is 2.35. The predicted octanol–water partition coefficient (Wildman–Crippen LogP) is 2.75. The highest BCUT2D eigenvalue weighted by Gasteiger charge is 2.10. The highest BCUT2D eigenvalue weighted by molar-refractivity contribution is 5.35. The number of nitrogens with zero attached hydrogens (tertiary/aromatic N) is 1. The number of nitrogens with two attached hydrogens (primary N) is 1. The van der Waals surface area contributed by atoms with Crippen LogP contribution in [0.1, 0.15) is 28.3 Å². The highest BCUT2D eigenvalue weighted by atomic mass is 14.7. The fraction of sp³-hybridized carbons (Fsp3) is 0.214. The lowest BCUT2D eigenvalue weighted by atomic mass is 9.97. The summed E-state index contributed by atoms with van der Waals surface area (Å²) in [5.74, 6) is 0. The Morgan fingerprint density at radius 1 is 1.06 bits per heavy atom. The first kappa shape index (κ1) is 10.8. The Hall–Kier alpha value is -1.67. The fourth-order valence-electron chi connectivity index (χ4n) is 1.79. The summed E-state index contributed by atoms with van der Waals surface area (Å²) < 4.78 is 0. The SMILES string of the molecule is Cc1ccc(C(N)c2ccncc2C)cc1. The van der Waals surface area contributed by atoms with Crippen molar-refractivity contribution in [3.8, 4) is 0 Å². The second-order valence-corrected chi connectivity index (χ2v) is 4.12. The molecule has 0 aliphatic rings. The van der Waals surface area contributed by atoms with Crippen LogP contribution in [0.15, 0.2) is 42.7 Å². The standard InChI is InChI=1S/C14H16N2/c1-10-3-5-12(6-4-10)14(15)13-7-8-16-9-11(13)2/h3-9,14H,15H2,1-2H3. The molecule has 1 heterocycles. The molecule has 0 amide bonds. The van der Waals surface area contributed by atoms with Crippen LogP contribution in [0.25, 0.3) is 0 Å². The number of hydrogen-bond acceptors (Lipinski definition) is 2. The molecule has 2 N–H and O–H groups in total. The molecule has 1 aromatic heterocycles. The van der Waals surface area contributed by atoms with E-state index in [4.69, 9.17) is 5.73 Å². The molecule has 0 aliphatic heterocycles. The van der Waals surface area contributed by atoms with Crippen LogP contribution in [-0.4, -0.2) is 4.98 Å². The summed E-state index contributed by atoms with van der Waals surface area (Å²) in [6.07, 6.45) is 3.64. The molecule has 2 aromatic rings. The van der Waals surface area contributed by atoms with Gasteiger partial charge in [0, 0.05) is 12.4 Å². The van der Waals surface area contributed by atoms with Gasteiger partial charge in [-0.3, -0.25) is 4.98 Å². The summed E-state index contributed by atoms with van der Waals surface area (Å²) in [7, 11) is 0. The second-order valence-electron chi connectivity index (χ2n) is 4.12. The maximum atomic E-state index is 6.24. The van der Waals surface area contributed by atoms with E-state index in [1.165, 1.54) is 5.56 Å². The molecular formula is C14H16N2. The van der Waals surface area contributed by atoms with Crippen molar-refractivity contribution < 1.29 is 0 Å². The molecule has 1 atom stereocenters. The van der Waals surface area contributed by atoms with Crippen LogP contribution in [-0.2, 0) is 0 Å². The zero-order chi connectivity index (χ0) is 11.5. The minimum Gasteiger partial charge on any atom is -0.320 e. The summed E-state index contributed by atoms with van der Waals surface area (Å²) in [6.45, 7) is 4.11. The molecule has 1 aromatic carbocycles. The average molecular weight is 212 g/mol. The molecule has 0 saturated heterocycles. The van der Waals surface area contributed by atoms with Gasteiger partial charge in [-0.25, -0.2) is 0 Å². The van der Waals surface area contributed by atoms with Gasteiger partial charge in [-0.15, -0.1) is 0 Å². The number of hydrogen-bond donors (Lipinski definition) is 1. The van der Waals surface area contributed by atoms with Crippen LogP contribution in [0.2, 0.25) is 0 Å². The second kappa shape index (κ2) is 4.45. The molecule has 0 spiro atoms. The van der Waals surface area contributed by atoms with Crippen LogP contribution >= 0.6 is 0 Å². The summed E-state index contributed by atoms with van der Waals surface area (Å²) in [5.41, 5.74) is 10.9. The molecule has 82 valence electrons. The topological polar surface area (TPSA) is 38.9 Å². The van der Waals surface area contributed by atoms with Gasteiger partial charge in [0.15, 0.2) is 0 Å². The van der Waals surface area contributed by atoms with E-state index in [0.717, 1.165) is 16.7 Å². The maximum absolute atomic E-state index is 6.24. The van der Waals surface area contributed by atoms with Crippen molar-refractivity contribution in [1.29, 1.82) is 0 Å². The van der Waals surface area contributed by atoms with Gasteiger partial charge >= 0.3 is 0 Å². The molecule has 2 rings (SSSR count). The molecule has 1 unspecified atom stereocenters. The van der Waals surface area contributed by atoms with E-state index in [-0.39, 0.29) is 6.04 Å². The van der Waals surface area contributed by atoms with Crippen molar-refractivity contribution in [3.63, 3.8) is 0 Å². The summed E-state index contributed by atoms with van der Waals surface area (Å²) in [5, 5.41) is 0. The molecule has 2 heteroatoms. The molecular weight excluding hydrogens is 196 g/mol. The summed E-state index contributed by atoms with van der Waals surface area (Å²) in [6, 6.07) is 10.3. The Bertz CT molecular complexity index is 474. The van der Waals surface area contributed by atoms with E-state index >= 15 is 0 Å². The molecule has 0 saturated carbocycles. The van der Waals surface area contributed by atoms with Crippen molar-refractivity contribution in [1.82, 2.24) is 4.98 Å². The lowest BCUT2D eigenvalue weighted by Crippen LogP contribution is -2.13. The third-order valence-electron chi connectivity index (χ3n) is 2.84. The van der Waals surface area contributed by atoms with Gasteiger partial charge in [0.25, 0.3) is 0 Å². The van der Waals surface area contributed by atoms with E-state index in [0.29, 0.717) is 0 Å². The van der Waals surface area contributed by atoms with Crippen molar-refractivity contribution in [2.45, 2.75) is 19.9 Å². The normalized spacial score (nSPS) is 12.4. The predicted molar refractivity (Wildman–Crippen MR) is 66.2 cm³/mol. The first-order chi connectivity index (χ1) is 7.68. The fourth-order valence-corrected chi connectivity index (χ4v) is 1.79. The Morgan fingerprint density at radius 3 is 2.38 bits per heavy atom. The maximum Gasteiger partial charge on any atom is 0.0555 e. The van der Waals surface area contributed by atoms with E-state index in [9.17, 15) is 0 Å². The Kier molecular flexibility index (Phi) is 3.02. The van der Waals surface area contributed by atoms with E-state index in [1.807, 2.05) is 19.2 Å². The molecule has 2 nitrogen and oxygen atoms in total.